The van der Waals surface area contributed by atoms with Gasteiger partial charge >= 0.3 is 0 Å². The van der Waals surface area contributed by atoms with Crippen molar-refractivity contribution >= 4 is 16.8 Å². The molecule has 1 aliphatic heterocycles. The first-order valence-corrected chi connectivity index (χ1v) is 11.3. The number of ether oxygens (including phenoxy) is 1. The van der Waals surface area contributed by atoms with Crippen LogP contribution in [0.25, 0.3) is 22.0 Å². The van der Waals surface area contributed by atoms with Crippen LogP contribution in [0, 0.1) is 22.6 Å². The summed E-state index contributed by atoms with van der Waals surface area (Å²) in [6.07, 6.45) is 4.92. The van der Waals surface area contributed by atoms with Gasteiger partial charge < -0.3 is 9.64 Å². The average Bonchev–Trinajstić information content (AvgIpc) is 3.52. The lowest BCUT2D eigenvalue weighted by atomic mass is 9.99. The van der Waals surface area contributed by atoms with E-state index in [1.165, 1.54) is 18.3 Å². The molecule has 0 radical (unpaired) electrons. The highest BCUT2D eigenvalue weighted by Gasteiger charge is 2.44. The van der Waals surface area contributed by atoms with E-state index in [0.717, 1.165) is 28.7 Å². The molecule has 0 bridgehead atoms. The van der Waals surface area contributed by atoms with Crippen molar-refractivity contribution in [1.82, 2.24) is 19.7 Å². The molecule has 0 N–H and O–H groups in total. The predicted molar refractivity (Wildman–Crippen MR) is 127 cm³/mol. The second-order valence-corrected chi connectivity index (χ2v) is 9.07. The third-order valence-corrected chi connectivity index (χ3v) is 6.57. The summed E-state index contributed by atoms with van der Waals surface area (Å²) in [5.74, 6) is -0.499. The highest BCUT2D eigenvalue weighted by Crippen LogP contribution is 2.45. The zero-order valence-corrected chi connectivity index (χ0v) is 19.0. The van der Waals surface area contributed by atoms with Gasteiger partial charge in [0.25, 0.3) is 5.91 Å². The van der Waals surface area contributed by atoms with Crippen molar-refractivity contribution in [2.45, 2.75) is 25.9 Å². The molecule has 1 amide bonds. The summed E-state index contributed by atoms with van der Waals surface area (Å²) in [6.45, 7) is -2.06. The molecule has 6 rings (SSSR count). The normalized spacial score (nSPS) is 18.1. The summed E-state index contributed by atoms with van der Waals surface area (Å²) in [4.78, 5) is 17.9. The number of benzene rings is 2. The fourth-order valence-corrected chi connectivity index (χ4v) is 4.33. The number of fused-ring (bicyclic) bond motifs is 2. The standard InChI is InChI=1S/C27H22FN5O2/c1-32-13-21-19(6-7-24(25(21)31-32)35-16-27(15-29)8-9-27)17-4-5-18(22(28)11-17)12-33-14-23-20(26(33)34)3-2-10-30-23/h2-7,10-11,13H,8-9,12,14,16H2,1H3/i14D2. The number of halogens is 1. The Bertz CT molecular complexity index is 1620. The van der Waals surface area contributed by atoms with Crippen LogP contribution in [-0.2, 0) is 20.1 Å². The van der Waals surface area contributed by atoms with Crippen molar-refractivity contribution in [3.8, 4) is 22.9 Å². The third kappa shape index (κ3) is 3.69. The molecule has 2 aromatic heterocycles. The number of carbonyl (C=O) groups excluding carboxylic acids is 1. The zero-order valence-electron chi connectivity index (χ0n) is 21.0. The number of hydrogen-bond donors (Lipinski definition) is 0. The molecule has 2 aliphatic rings. The summed E-state index contributed by atoms with van der Waals surface area (Å²) < 4.78 is 39.8. The summed E-state index contributed by atoms with van der Waals surface area (Å²) in [5.41, 5.74) is 2.01. The fraction of sp³-hybridized carbons (Fsp3) is 0.259. The SMILES string of the molecule is [2H]C1([2H])c2ncccc2C(=O)N1Cc1ccc(-c2ccc(OCC3(C#N)CC3)c3nn(C)cc23)cc1F. The van der Waals surface area contributed by atoms with E-state index >= 15 is 4.39 Å². The molecule has 1 saturated carbocycles. The number of rotatable bonds is 6. The van der Waals surface area contributed by atoms with Crippen LogP contribution in [0.3, 0.4) is 0 Å². The van der Waals surface area contributed by atoms with Crippen molar-refractivity contribution in [2.24, 2.45) is 12.5 Å². The Labute approximate surface area is 204 Å². The number of aryl methyl sites for hydroxylation is 1. The zero-order chi connectivity index (χ0) is 25.9. The average molecular weight is 470 g/mol. The van der Waals surface area contributed by atoms with E-state index in [9.17, 15) is 10.1 Å². The van der Waals surface area contributed by atoms with Gasteiger partial charge in [-0.05, 0) is 54.3 Å². The molecule has 174 valence electrons. The van der Waals surface area contributed by atoms with Crippen LogP contribution in [0.2, 0.25) is 0 Å². The molecule has 35 heavy (non-hydrogen) atoms. The van der Waals surface area contributed by atoms with Crippen molar-refractivity contribution in [1.29, 1.82) is 5.26 Å². The van der Waals surface area contributed by atoms with Gasteiger partial charge in [0, 0.05) is 36.9 Å². The molecule has 1 fully saturated rings. The molecule has 7 nitrogen and oxygen atoms in total. The van der Waals surface area contributed by atoms with Gasteiger partial charge in [0.2, 0.25) is 0 Å². The van der Waals surface area contributed by atoms with Gasteiger partial charge in [0.15, 0.2) is 0 Å². The number of nitriles is 1. The monoisotopic (exact) mass is 469 g/mol. The first-order valence-electron chi connectivity index (χ1n) is 12.3. The van der Waals surface area contributed by atoms with Crippen LogP contribution in [0.15, 0.2) is 54.9 Å². The van der Waals surface area contributed by atoms with E-state index in [4.69, 9.17) is 7.48 Å². The minimum atomic E-state index is -2.14. The minimum absolute atomic E-state index is 0.0423. The van der Waals surface area contributed by atoms with Gasteiger partial charge in [0.05, 0.1) is 32.0 Å². The summed E-state index contributed by atoms with van der Waals surface area (Å²) >= 11 is 0. The molecular formula is C27H22FN5O2. The minimum Gasteiger partial charge on any atom is -0.490 e. The first-order chi connectivity index (χ1) is 17.7. The van der Waals surface area contributed by atoms with Crippen LogP contribution in [0.1, 0.15) is 37.2 Å². The molecule has 3 heterocycles. The van der Waals surface area contributed by atoms with Crippen molar-refractivity contribution in [3.63, 3.8) is 0 Å². The number of pyridine rings is 1. The van der Waals surface area contributed by atoms with Crippen molar-refractivity contribution in [3.05, 3.63) is 77.5 Å². The van der Waals surface area contributed by atoms with Gasteiger partial charge in [0.1, 0.15) is 23.7 Å². The number of aromatic nitrogens is 3. The number of carbonyl (C=O) groups is 1. The molecule has 4 aromatic rings. The third-order valence-electron chi connectivity index (χ3n) is 6.57. The molecule has 0 unspecified atom stereocenters. The van der Waals surface area contributed by atoms with Crippen LogP contribution in [0.5, 0.6) is 5.75 Å². The maximum atomic E-state index is 15.3. The maximum absolute atomic E-state index is 15.3. The topological polar surface area (TPSA) is 84.0 Å². The lowest BCUT2D eigenvalue weighted by Gasteiger charge is -2.16. The predicted octanol–water partition coefficient (Wildman–Crippen LogP) is 4.61. The molecule has 8 heteroatoms. The lowest BCUT2D eigenvalue weighted by molar-refractivity contribution is 0.0765. The van der Waals surface area contributed by atoms with Crippen molar-refractivity contribution < 1.29 is 16.7 Å². The quantitative estimate of drug-likeness (QED) is 0.412. The van der Waals surface area contributed by atoms with Gasteiger partial charge in [-0.15, -0.1) is 0 Å². The van der Waals surface area contributed by atoms with E-state index in [1.54, 1.807) is 36.0 Å². The van der Waals surface area contributed by atoms with Gasteiger partial charge in [-0.25, -0.2) is 4.39 Å². The Hall–Kier alpha value is -4.25. The number of nitrogens with zero attached hydrogens (tertiary/aromatic N) is 5. The van der Waals surface area contributed by atoms with Crippen LogP contribution in [-0.4, -0.2) is 32.2 Å². The maximum Gasteiger partial charge on any atom is 0.256 e. The van der Waals surface area contributed by atoms with Gasteiger partial charge in [-0.2, -0.15) is 10.4 Å². The second-order valence-electron chi connectivity index (χ2n) is 9.07. The molecule has 0 atom stereocenters. The molecule has 0 spiro atoms. The lowest BCUT2D eigenvalue weighted by Crippen LogP contribution is -2.23. The van der Waals surface area contributed by atoms with E-state index < -0.39 is 23.6 Å². The highest BCUT2D eigenvalue weighted by molar-refractivity contribution is 5.98. The molecule has 0 saturated heterocycles. The van der Waals surface area contributed by atoms with Gasteiger partial charge in [-0.1, -0.05) is 12.1 Å². The largest absolute Gasteiger partial charge is 0.490 e. The van der Waals surface area contributed by atoms with Crippen LogP contribution >= 0.6 is 0 Å². The Kier molecular flexibility index (Phi) is 4.32. The van der Waals surface area contributed by atoms with Crippen LogP contribution in [0.4, 0.5) is 4.39 Å². The second kappa shape index (κ2) is 7.91. The molecular weight excluding hydrogens is 445 g/mol. The van der Waals surface area contributed by atoms with E-state index in [0.29, 0.717) is 23.4 Å². The van der Waals surface area contributed by atoms with Crippen molar-refractivity contribution in [2.75, 3.05) is 6.61 Å². The Balaban J connectivity index is 1.30. The smallest absolute Gasteiger partial charge is 0.256 e. The van der Waals surface area contributed by atoms with E-state index in [-0.39, 0.29) is 23.4 Å². The van der Waals surface area contributed by atoms with E-state index in [1.807, 2.05) is 12.3 Å². The fourth-order valence-electron chi connectivity index (χ4n) is 4.33. The Morgan fingerprint density at radius 1 is 1.26 bits per heavy atom. The summed E-state index contributed by atoms with van der Waals surface area (Å²) in [7, 11) is 1.79. The Morgan fingerprint density at radius 3 is 2.86 bits per heavy atom. The molecule has 2 aromatic carbocycles. The van der Waals surface area contributed by atoms with E-state index in [2.05, 4.69) is 16.2 Å². The molecule has 1 aliphatic carbocycles. The Morgan fingerprint density at radius 2 is 2.11 bits per heavy atom. The summed E-state index contributed by atoms with van der Waals surface area (Å²) in [5, 5.41) is 14.6. The van der Waals surface area contributed by atoms with Crippen LogP contribution < -0.4 is 4.74 Å². The highest BCUT2D eigenvalue weighted by atomic mass is 19.1. The number of amides is 1. The van der Waals surface area contributed by atoms with Gasteiger partial charge in [-0.3, -0.25) is 14.5 Å². The number of hydrogen-bond acceptors (Lipinski definition) is 5. The first kappa shape index (κ1) is 19.1. The summed E-state index contributed by atoms with van der Waals surface area (Å²) in [6, 6.07) is 13.7.